The number of nitrogens with one attached hydrogen (secondary N) is 1. The van der Waals surface area contributed by atoms with Crippen LogP contribution in [0.3, 0.4) is 0 Å². The largest absolute Gasteiger partial charge is 0.338 e. The molecule has 0 saturated heterocycles. The number of halogens is 1. The van der Waals surface area contributed by atoms with Crippen LogP contribution in [-0.4, -0.2) is 29.0 Å². The average molecular weight is 315 g/mol. The van der Waals surface area contributed by atoms with Crippen LogP contribution in [0.4, 0.5) is 9.18 Å². The van der Waals surface area contributed by atoms with E-state index < -0.39 is 0 Å². The Labute approximate surface area is 136 Å². The molecule has 1 aromatic heterocycles. The first kappa shape index (κ1) is 16.9. The summed E-state index contributed by atoms with van der Waals surface area (Å²) in [4.78, 5) is 18.1. The minimum atomic E-state index is -0.234. The van der Waals surface area contributed by atoms with Crippen molar-refractivity contribution in [2.24, 2.45) is 0 Å². The zero-order chi connectivity index (χ0) is 16.5. The monoisotopic (exact) mass is 315 g/mol. The Morgan fingerprint density at radius 3 is 2.78 bits per heavy atom. The van der Waals surface area contributed by atoms with Crippen molar-refractivity contribution >= 4 is 6.03 Å². The molecule has 5 heteroatoms. The maximum absolute atomic E-state index is 13.7. The molecule has 23 heavy (non-hydrogen) atoms. The summed E-state index contributed by atoms with van der Waals surface area (Å²) in [7, 11) is 0. The fourth-order valence-electron chi connectivity index (χ4n) is 2.26. The van der Waals surface area contributed by atoms with Crippen LogP contribution in [0.2, 0.25) is 0 Å². The molecule has 0 fully saturated rings. The second-order valence-electron chi connectivity index (χ2n) is 5.36. The quantitative estimate of drug-likeness (QED) is 0.851. The Morgan fingerprint density at radius 1 is 1.26 bits per heavy atom. The number of nitrogens with zero attached hydrogens (tertiary/aromatic N) is 2. The van der Waals surface area contributed by atoms with Gasteiger partial charge in [-0.25, -0.2) is 9.18 Å². The van der Waals surface area contributed by atoms with Crippen molar-refractivity contribution in [2.45, 2.75) is 26.3 Å². The van der Waals surface area contributed by atoms with E-state index in [4.69, 9.17) is 0 Å². The zero-order valence-electron chi connectivity index (χ0n) is 13.3. The third-order valence-electron chi connectivity index (χ3n) is 3.52. The maximum Gasteiger partial charge on any atom is 0.317 e. The highest BCUT2D eigenvalue weighted by atomic mass is 19.1. The van der Waals surface area contributed by atoms with Crippen molar-refractivity contribution in [1.29, 1.82) is 0 Å². The predicted octanol–water partition coefficient (Wildman–Crippen LogP) is 3.39. The lowest BCUT2D eigenvalue weighted by Gasteiger charge is -2.23. The molecule has 122 valence electrons. The fourth-order valence-corrected chi connectivity index (χ4v) is 2.26. The van der Waals surface area contributed by atoms with Gasteiger partial charge in [0.15, 0.2) is 0 Å². The van der Waals surface area contributed by atoms with Gasteiger partial charge in [0.25, 0.3) is 0 Å². The SMILES string of the molecule is CCCNC(=O)N(CCc1ccccc1F)Cc1cccnc1. The fraction of sp³-hybridized carbons (Fsp3) is 0.333. The van der Waals surface area contributed by atoms with E-state index >= 15 is 0 Å². The molecule has 0 radical (unpaired) electrons. The van der Waals surface area contributed by atoms with Crippen LogP contribution in [0.25, 0.3) is 0 Å². The highest BCUT2D eigenvalue weighted by molar-refractivity contribution is 5.74. The van der Waals surface area contributed by atoms with Crippen molar-refractivity contribution in [3.05, 3.63) is 65.7 Å². The first-order chi connectivity index (χ1) is 11.2. The van der Waals surface area contributed by atoms with Gasteiger partial charge in [-0.2, -0.15) is 0 Å². The van der Waals surface area contributed by atoms with Crippen molar-refractivity contribution in [2.75, 3.05) is 13.1 Å². The molecule has 2 aromatic rings. The number of hydrogen-bond acceptors (Lipinski definition) is 2. The van der Waals surface area contributed by atoms with Gasteiger partial charge in [0.2, 0.25) is 0 Å². The molecule has 0 spiro atoms. The van der Waals surface area contributed by atoms with E-state index in [1.807, 2.05) is 19.1 Å². The molecule has 0 unspecified atom stereocenters. The van der Waals surface area contributed by atoms with E-state index in [9.17, 15) is 9.18 Å². The van der Waals surface area contributed by atoms with Crippen LogP contribution in [0.15, 0.2) is 48.8 Å². The number of hydrogen-bond donors (Lipinski definition) is 1. The minimum Gasteiger partial charge on any atom is -0.338 e. The summed E-state index contributed by atoms with van der Waals surface area (Å²) in [6, 6.07) is 10.3. The molecule has 0 aliphatic carbocycles. The molecule has 4 nitrogen and oxygen atoms in total. The molecule has 1 aromatic carbocycles. The molecule has 0 aliphatic heterocycles. The normalized spacial score (nSPS) is 10.3. The maximum atomic E-state index is 13.7. The van der Waals surface area contributed by atoms with Gasteiger partial charge in [-0.05, 0) is 36.1 Å². The number of carbonyl (C=O) groups excluding carboxylic acids is 1. The first-order valence-electron chi connectivity index (χ1n) is 7.85. The summed E-state index contributed by atoms with van der Waals surface area (Å²) in [6.45, 7) is 3.54. The highest BCUT2D eigenvalue weighted by Gasteiger charge is 2.14. The highest BCUT2D eigenvalue weighted by Crippen LogP contribution is 2.10. The summed E-state index contributed by atoms with van der Waals surface area (Å²) in [5.41, 5.74) is 1.57. The van der Waals surface area contributed by atoms with Gasteiger partial charge in [0.05, 0.1) is 0 Å². The average Bonchev–Trinajstić information content (AvgIpc) is 2.58. The minimum absolute atomic E-state index is 0.132. The summed E-state index contributed by atoms with van der Waals surface area (Å²) in [6.07, 6.45) is 4.79. The number of urea groups is 1. The number of amides is 2. The third-order valence-corrected chi connectivity index (χ3v) is 3.52. The Hall–Kier alpha value is -2.43. The molecule has 0 bridgehead atoms. The van der Waals surface area contributed by atoms with Gasteiger partial charge in [0, 0.05) is 32.0 Å². The lowest BCUT2D eigenvalue weighted by molar-refractivity contribution is 0.195. The lowest BCUT2D eigenvalue weighted by atomic mass is 10.1. The lowest BCUT2D eigenvalue weighted by Crippen LogP contribution is -2.41. The summed E-state index contributed by atoms with van der Waals surface area (Å²) in [5, 5.41) is 2.88. The molecule has 0 atom stereocenters. The Morgan fingerprint density at radius 2 is 2.09 bits per heavy atom. The molecule has 1 heterocycles. The van der Waals surface area contributed by atoms with Crippen molar-refractivity contribution in [3.8, 4) is 0 Å². The molecule has 1 N–H and O–H groups in total. The van der Waals surface area contributed by atoms with Crippen LogP contribution in [0, 0.1) is 5.82 Å². The van der Waals surface area contributed by atoms with E-state index in [-0.39, 0.29) is 11.8 Å². The molecule has 2 rings (SSSR count). The first-order valence-corrected chi connectivity index (χ1v) is 7.85. The standard InChI is InChI=1S/C18H22FN3O/c1-2-10-21-18(23)22(14-15-6-5-11-20-13-15)12-9-16-7-3-4-8-17(16)19/h3-8,11,13H,2,9-10,12,14H2,1H3,(H,21,23). The van der Waals surface area contributed by atoms with Crippen LogP contribution >= 0.6 is 0 Å². The number of benzene rings is 1. The van der Waals surface area contributed by atoms with Gasteiger partial charge in [-0.1, -0.05) is 31.2 Å². The Balaban J connectivity index is 2.03. The summed E-state index contributed by atoms with van der Waals surface area (Å²) < 4.78 is 13.7. The van der Waals surface area contributed by atoms with E-state index in [0.717, 1.165) is 12.0 Å². The Kier molecular flexibility index (Phi) is 6.54. The van der Waals surface area contributed by atoms with Crippen LogP contribution in [0.5, 0.6) is 0 Å². The molecule has 0 aliphatic rings. The zero-order valence-corrected chi connectivity index (χ0v) is 13.3. The van der Waals surface area contributed by atoms with E-state index in [2.05, 4.69) is 10.3 Å². The number of aromatic nitrogens is 1. The third kappa shape index (κ3) is 5.36. The summed E-state index contributed by atoms with van der Waals surface area (Å²) in [5.74, 6) is -0.234. The van der Waals surface area contributed by atoms with Crippen molar-refractivity contribution < 1.29 is 9.18 Å². The van der Waals surface area contributed by atoms with E-state index in [1.165, 1.54) is 6.07 Å². The molecular formula is C18H22FN3O. The van der Waals surface area contributed by atoms with Crippen LogP contribution in [-0.2, 0) is 13.0 Å². The van der Waals surface area contributed by atoms with E-state index in [1.54, 1.807) is 35.5 Å². The predicted molar refractivity (Wildman–Crippen MR) is 88.4 cm³/mol. The number of rotatable bonds is 7. The van der Waals surface area contributed by atoms with Gasteiger partial charge in [-0.3, -0.25) is 4.98 Å². The van der Waals surface area contributed by atoms with Gasteiger partial charge in [0.1, 0.15) is 5.82 Å². The van der Waals surface area contributed by atoms with Crippen molar-refractivity contribution in [1.82, 2.24) is 15.2 Å². The van der Waals surface area contributed by atoms with Gasteiger partial charge < -0.3 is 10.2 Å². The van der Waals surface area contributed by atoms with Gasteiger partial charge >= 0.3 is 6.03 Å². The van der Waals surface area contributed by atoms with Gasteiger partial charge in [-0.15, -0.1) is 0 Å². The Bertz CT molecular complexity index is 619. The van der Waals surface area contributed by atoms with E-state index in [0.29, 0.717) is 31.6 Å². The molecular weight excluding hydrogens is 293 g/mol. The summed E-state index contributed by atoms with van der Waals surface area (Å²) >= 11 is 0. The molecule has 0 saturated carbocycles. The topological polar surface area (TPSA) is 45.2 Å². The second kappa shape index (κ2) is 8.88. The molecule has 2 amide bonds. The second-order valence-corrected chi connectivity index (χ2v) is 5.36. The van der Waals surface area contributed by atoms with Crippen LogP contribution in [0.1, 0.15) is 24.5 Å². The van der Waals surface area contributed by atoms with Crippen LogP contribution < -0.4 is 5.32 Å². The smallest absolute Gasteiger partial charge is 0.317 e. The number of carbonyl (C=O) groups is 1. The number of pyridine rings is 1. The van der Waals surface area contributed by atoms with Crippen molar-refractivity contribution in [3.63, 3.8) is 0 Å².